The van der Waals surface area contributed by atoms with Crippen LogP contribution in [-0.4, -0.2) is 0 Å². The van der Waals surface area contributed by atoms with Crippen molar-refractivity contribution in [3.05, 3.63) is 437 Å². The lowest BCUT2D eigenvalue weighted by Gasteiger charge is -2.15. The number of hydrogen-bond donors (Lipinski definition) is 0. The minimum atomic E-state index is 0.833. The van der Waals surface area contributed by atoms with Crippen molar-refractivity contribution in [1.82, 2.24) is 0 Å². The predicted molar refractivity (Wildman–Crippen MR) is 502 cm³/mol. The number of rotatable bonds is 12. The first-order valence-electron chi connectivity index (χ1n) is 40.9. The van der Waals surface area contributed by atoms with Gasteiger partial charge in [-0.05, 0) is 180 Å². The van der Waals surface area contributed by atoms with Crippen LogP contribution in [0.5, 0.6) is 0 Å². The summed E-state index contributed by atoms with van der Waals surface area (Å²) in [6, 6.07) is 150. The Labute approximate surface area is 692 Å². The highest BCUT2D eigenvalue weighted by Gasteiger charge is 2.29. The van der Waals surface area contributed by atoms with Gasteiger partial charge in [0.25, 0.3) is 0 Å². The summed E-state index contributed by atoms with van der Waals surface area (Å²) < 4.78 is 27.5. The molecule has 0 amide bonds. The lowest BCUT2D eigenvalue weighted by atomic mass is 9.86. The summed E-state index contributed by atoms with van der Waals surface area (Å²) in [4.78, 5) is 0. The average molecular weight is 1530 g/mol. The highest BCUT2D eigenvalue weighted by molar-refractivity contribution is 6.30. The topological polar surface area (TPSA) is 52.6 Å². The van der Waals surface area contributed by atoms with Crippen molar-refractivity contribution in [3.8, 4) is 134 Å². The minimum absolute atomic E-state index is 0.833. The first kappa shape index (κ1) is 69.6. The van der Waals surface area contributed by atoms with Gasteiger partial charge in [0.1, 0.15) is 28.1 Å². The van der Waals surface area contributed by atoms with Gasteiger partial charge in [-0.15, -0.1) is 0 Å². The molecule has 0 saturated heterocycles. The molecular formula is C116H72O4. The van der Waals surface area contributed by atoms with Gasteiger partial charge in [-0.3, -0.25) is 0 Å². The molecule has 0 fully saturated rings. The highest BCUT2D eigenvalue weighted by atomic mass is 16.3. The van der Waals surface area contributed by atoms with Crippen LogP contribution in [-0.2, 0) is 0 Å². The van der Waals surface area contributed by atoms with Gasteiger partial charge in [-0.25, -0.2) is 0 Å². The molecule has 0 aliphatic rings. The fourth-order valence-corrected chi connectivity index (χ4v) is 18.5. The Bertz CT molecular complexity index is 8060. The standard InChI is InChI=1S/2C58H36O2/c1-4-16-39(17-5-1)52-36-59-57-50(52)34-48(41-30-28-40(29-31-41)47-26-14-24-38-18-12-13-25-46(38)47)55-54(57)49(45-32-27-37-15-10-11-23-44(37)33-45)35-51-53(42-19-6-2-7-20-42)56(60-58(51)55)43-21-8-3-9-22-43;1-3-13-40(14-4-1)53-35-60-58-51(53)33-49(43-25-22-38(23-26-43)46-31-24-37-12-7-8-18-45(37)32-46)55-56(58)50(34-52-54(36-59-57(52)55)41-15-5-2-6-16-41)44-29-27-42(28-30-44)48-21-11-19-39-17-9-10-20-47(39)48/h2*1-36H. The van der Waals surface area contributed by atoms with Gasteiger partial charge in [0.15, 0.2) is 0 Å². The van der Waals surface area contributed by atoms with E-state index in [-0.39, 0.29) is 0 Å². The monoisotopic (exact) mass is 1530 g/mol. The van der Waals surface area contributed by atoms with E-state index in [0.717, 1.165) is 166 Å². The normalized spacial score (nSPS) is 11.7. The smallest absolute Gasteiger partial charge is 0.144 e. The number of benzene rings is 20. The van der Waals surface area contributed by atoms with Crippen LogP contribution in [0.4, 0.5) is 0 Å². The first-order chi connectivity index (χ1) is 59.5. The number of fused-ring (bicyclic) bond motifs is 14. The van der Waals surface area contributed by atoms with Crippen molar-refractivity contribution in [3.63, 3.8) is 0 Å². The van der Waals surface area contributed by atoms with Crippen LogP contribution in [0, 0.1) is 0 Å². The average Bonchev–Trinajstić information content (AvgIpc) is 1.56. The maximum Gasteiger partial charge on any atom is 0.144 e. The Hall–Kier alpha value is -15.9. The largest absolute Gasteiger partial charge is 0.463 e. The van der Waals surface area contributed by atoms with Crippen molar-refractivity contribution >= 4 is 109 Å². The van der Waals surface area contributed by atoms with E-state index >= 15 is 0 Å². The van der Waals surface area contributed by atoms with Crippen LogP contribution in [0.2, 0.25) is 0 Å². The molecule has 0 N–H and O–H groups in total. The maximum atomic E-state index is 7.32. The van der Waals surface area contributed by atoms with Crippen LogP contribution in [0.15, 0.2) is 455 Å². The summed E-state index contributed by atoms with van der Waals surface area (Å²) in [6.45, 7) is 0. The van der Waals surface area contributed by atoms with Crippen LogP contribution in [0.1, 0.15) is 0 Å². The molecule has 4 aromatic heterocycles. The van der Waals surface area contributed by atoms with E-state index in [2.05, 4.69) is 419 Å². The summed E-state index contributed by atoms with van der Waals surface area (Å²) in [6.07, 6.45) is 5.76. The van der Waals surface area contributed by atoms with E-state index in [4.69, 9.17) is 17.7 Å². The molecule has 120 heavy (non-hydrogen) atoms. The molecule has 0 radical (unpaired) electrons. The zero-order valence-corrected chi connectivity index (χ0v) is 65.2. The van der Waals surface area contributed by atoms with E-state index in [9.17, 15) is 0 Å². The summed E-state index contributed by atoms with van der Waals surface area (Å²) in [5, 5.41) is 18.1. The molecule has 0 aliphatic heterocycles. The molecule has 0 spiro atoms. The quantitative estimate of drug-likeness (QED) is 0.122. The summed E-state index contributed by atoms with van der Waals surface area (Å²) in [5.74, 6) is 0.843. The minimum Gasteiger partial charge on any atom is -0.463 e. The third-order valence-corrected chi connectivity index (χ3v) is 24.4. The van der Waals surface area contributed by atoms with Crippen LogP contribution in [0.25, 0.3) is 242 Å². The molecule has 0 bridgehead atoms. The van der Waals surface area contributed by atoms with Crippen LogP contribution < -0.4 is 0 Å². The second kappa shape index (κ2) is 29.1. The predicted octanol–water partition coefficient (Wildman–Crippen LogP) is 33.3. The number of hydrogen-bond acceptors (Lipinski definition) is 4. The molecule has 24 aromatic rings. The first-order valence-corrected chi connectivity index (χ1v) is 40.9. The van der Waals surface area contributed by atoms with E-state index < -0.39 is 0 Å². The molecule has 0 unspecified atom stereocenters. The second-order valence-electron chi connectivity index (χ2n) is 31.2. The summed E-state index contributed by atoms with van der Waals surface area (Å²) in [7, 11) is 0. The van der Waals surface area contributed by atoms with E-state index in [1.54, 1.807) is 0 Å². The fourth-order valence-electron chi connectivity index (χ4n) is 18.5. The maximum absolute atomic E-state index is 7.32. The third kappa shape index (κ3) is 12.0. The van der Waals surface area contributed by atoms with Crippen molar-refractivity contribution < 1.29 is 17.7 Å². The molecule has 24 rings (SSSR count). The molecule has 4 heteroatoms. The van der Waals surface area contributed by atoms with Crippen LogP contribution in [0.3, 0.4) is 0 Å². The van der Waals surface area contributed by atoms with Gasteiger partial charge < -0.3 is 17.7 Å². The van der Waals surface area contributed by atoms with Gasteiger partial charge in [0.05, 0.1) is 18.8 Å². The molecule has 20 aromatic carbocycles. The van der Waals surface area contributed by atoms with E-state index in [1.165, 1.54) is 76.5 Å². The molecule has 0 atom stereocenters. The van der Waals surface area contributed by atoms with Crippen molar-refractivity contribution in [2.45, 2.75) is 0 Å². The Balaban J connectivity index is 0.000000140. The Morgan fingerprint density at radius 1 is 0.142 bits per heavy atom. The SMILES string of the molecule is c1ccc(-c2coc3c2cc(-c2ccc(-c4cccc5ccccc45)cc2)c2c4occ(-c5ccccc5)c4cc(-c4ccc(-c5ccc6ccccc6c5)cc4)c32)cc1.c1ccc(-c2oc3c(cc(-c4ccc5ccccc5c4)c4c5occ(-c6ccccc6)c5cc(-c5ccc(-c6cccc7ccccc67)cc5)c34)c2-c2ccccc2)cc1. The van der Waals surface area contributed by atoms with E-state index in [1.807, 2.05) is 18.8 Å². The Morgan fingerprint density at radius 2 is 0.425 bits per heavy atom. The molecule has 0 saturated carbocycles. The summed E-state index contributed by atoms with van der Waals surface area (Å²) in [5.41, 5.74) is 29.0. The van der Waals surface area contributed by atoms with Gasteiger partial charge in [0.2, 0.25) is 0 Å². The van der Waals surface area contributed by atoms with E-state index in [0.29, 0.717) is 0 Å². The van der Waals surface area contributed by atoms with Gasteiger partial charge in [-0.2, -0.15) is 0 Å². The van der Waals surface area contributed by atoms with Gasteiger partial charge >= 0.3 is 0 Å². The lowest BCUT2D eigenvalue weighted by Crippen LogP contribution is -1.90. The molecule has 4 heterocycles. The van der Waals surface area contributed by atoms with Crippen molar-refractivity contribution in [2.75, 3.05) is 0 Å². The fraction of sp³-hybridized carbons (Fsp3) is 0. The van der Waals surface area contributed by atoms with Gasteiger partial charge in [0, 0.05) is 70.9 Å². The van der Waals surface area contributed by atoms with Crippen molar-refractivity contribution in [2.24, 2.45) is 0 Å². The van der Waals surface area contributed by atoms with Crippen molar-refractivity contribution in [1.29, 1.82) is 0 Å². The number of furan rings is 4. The molecule has 0 aliphatic carbocycles. The Morgan fingerprint density at radius 3 is 0.842 bits per heavy atom. The van der Waals surface area contributed by atoms with Crippen LogP contribution >= 0.6 is 0 Å². The molecule has 4 nitrogen and oxygen atoms in total. The molecular weight excluding hydrogens is 1460 g/mol. The zero-order valence-electron chi connectivity index (χ0n) is 65.2. The molecule has 560 valence electrons. The Kier molecular flexibility index (Phi) is 16.9. The highest BCUT2D eigenvalue weighted by Crippen LogP contribution is 2.54. The summed E-state index contributed by atoms with van der Waals surface area (Å²) >= 11 is 0. The van der Waals surface area contributed by atoms with Gasteiger partial charge in [-0.1, -0.05) is 382 Å². The lowest BCUT2D eigenvalue weighted by molar-refractivity contribution is 0.617. The second-order valence-corrected chi connectivity index (χ2v) is 31.2. The third-order valence-electron chi connectivity index (χ3n) is 24.4. The zero-order chi connectivity index (χ0) is 79.1.